The van der Waals surface area contributed by atoms with Crippen LogP contribution in [0, 0.1) is 6.92 Å². The van der Waals surface area contributed by atoms with E-state index in [0.29, 0.717) is 11.3 Å². The molecule has 3 aromatic heterocycles. The van der Waals surface area contributed by atoms with Gasteiger partial charge in [0.1, 0.15) is 22.8 Å². The van der Waals surface area contributed by atoms with Crippen molar-refractivity contribution < 1.29 is 22.6 Å². The van der Waals surface area contributed by atoms with Gasteiger partial charge >= 0.3 is 6.36 Å². The van der Waals surface area contributed by atoms with Crippen LogP contribution in [0.25, 0.3) is 39.1 Å². The topological polar surface area (TPSA) is 48.7 Å². The molecule has 3 heterocycles. The number of rotatable bonds is 4. The first-order chi connectivity index (χ1) is 15.8. The molecule has 0 unspecified atom stereocenters. The number of pyridine rings is 2. The third-order valence-corrected chi connectivity index (χ3v) is 5.40. The first-order valence-electron chi connectivity index (χ1n) is 10.1. The summed E-state index contributed by atoms with van der Waals surface area (Å²) in [5.74, 6) is 0.497. The van der Waals surface area contributed by atoms with Crippen LogP contribution in [0.5, 0.6) is 11.5 Å². The maximum atomic E-state index is 12.4. The van der Waals surface area contributed by atoms with Gasteiger partial charge in [-0.25, -0.2) is 9.97 Å². The second kappa shape index (κ2) is 7.81. The number of hydrogen-bond acceptors (Lipinski definition) is 4. The lowest BCUT2D eigenvalue weighted by atomic mass is 10.1. The highest BCUT2D eigenvalue weighted by atomic mass is 19.4. The van der Waals surface area contributed by atoms with Crippen molar-refractivity contribution in [3.05, 3.63) is 78.6 Å². The summed E-state index contributed by atoms with van der Waals surface area (Å²) < 4.78 is 48.7. The molecule has 0 amide bonds. The molecule has 0 radical (unpaired) electrons. The first-order valence-corrected chi connectivity index (χ1v) is 10.1. The van der Waals surface area contributed by atoms with Gasteiger partial charge in [-0.2, -0.15) is 0 Å². The highest BCUT2D eigenvalue weighted by Gasteiger charge is 2.31. The monoisotopic (exact) mass is 449 g/mol. The predicted octanol–water partition coefficient (Wildman–Crippen LogP) is 6.43. The normalized spacial score (nSPS) is 11.8. The Morgan fingerprint density at radius 3 is 2.39 bits per heavy atom. The Labute approximate surface area is 187 Å². The van der Waals surface area contributed by atoms with E-state index >= 15 is 0 Å². The number of alkyl halides is 3. The summed E-state index contributed by atoms with van der Waals surface area (Å²) in [6.45, 7) is 1.95. The van der Waals surface area contributed by atoms with Crippen LogP contribution in [-0.4, -0.2) is 27.8 Å². The van der Waals surface area contributed by atoms with Gasteiger partial charge in [0.05, 0.1) is 18.3 Å². The van der Waals surface area contributed by atoms with Gasteiger partial charge in [0.25, 0.3) is 0 Å². The van der Waals surface area contributed by atoms with Crippen LogP contribution < -0.4 is 9.47 Å². The number of halogens is 3. The van der Waals surface area contributed by atoms with Crippen molar-refractivity contribution in [3.8, 4) is 34.0 Å². The lowest BCUT2D eigenvalue weighted by molar-refractivity contribution is -0.274. The van der Waals surface area contributed by atoms with Crippen LogP contribution in [0.1, 0.15) is 5.56 Å². The maximum absolute atomic E-state index is 12.4. The quantitative estimate of drug-likeness (QED) is 0.317. The molecule has 0 saturated carbocycles. The van der Waals surface area contributed by atoms with E-state index in [0.717, 1.165) is 39.0 Å². The molecular formula is C25H18F3N3O2. The van der Waals surface area contributed by atoms with Gasteiger partial charge in [0, 0.05) is 23.3 Å². The third-order valence-electron chi connectivity index (χ3n) is 5.40. The van der Waals surface area contributed by atoms with Gasteiger partial charge in [0.2, 0.25) is 0 Å². The molecule has 0 N–H and O–H groups in total. The summed E-state index contributed by atoms with van der Waals surface area (Å²) in [5.41, 5.74) is 5.38. The van der Waals surface area contributed by atoms with Crippen LogP contribution in [0.4, 0.5) is 13.2 Å². The Balaban J connectivity index is 1.54. The standard InChI is InChI=1S/C25H18F3N3O2/c1-15-23(30-20-6-4-3-5-19(20)24(15)32-2)21-14-31-12-11-17(13-22(31)29-21)16-7-9-18(10-8-16)33-25(26,27)28/h3-14H,1-2H3. The molecule has 0 bridgehead atoms. The number of imidazole rings is 1. The largest absolute Gasteiger partial charge is 0.573 e. The fourth-order valence-corrected chi connectivity index (χ4v) is 3.91. The molecule has 2 aromatic carbocycles. The van der Waals surface area contributed by atoms with E-state index in [1.165, 1.54) is 12.1 Å². The average Bonchev–Trinajstić information content (AvgIpc) is 3.21. The van der Waals surface area contributed by atoms with Crippen LogP contribution in [0.3, 0.4) is 0 Å². The van der Waals surface area contributed by atoms with Crippen molar-refractivity contribution in [2.75, 3.05) is 7.11 Å². The number of hydrogen-bond donors (Lipinski definition) is 0. The molecule has 8 heteroatoms. The van der Waals surface area contributed by atoms with Crippen LogP contribution in [-0.2, 0) is 0 Å². The van der Waals surface area contributed by atoms with Gasteiger partial charge in [-0.3, -0.25) is 0 Å². The lowest BCUT2D eigenvalue weighted by Gasteiger charge is -2.11. The molecule has 33 heavy (non-hydrogen) atoms. The smallest absolute Gasteiger partial charge is 0.496 e. The minimum absolute atomic E-state index is 0.262. The molecule has 0 fully saturated rings. The molecule has 166 valence electrons. The summed E-state index contributed by atoms with van der Waals surface area (Å²) in [6, 6.07) is 17.3. The van der Waals surface area contributed by atoms with Crippen molar-refractivity contribution in [3.63, 3.8) is 0 Å². The molecule has 0 atom stereocenters. The Bertz CT molecular complexity index is 1470. The maximum Gasteiger partial charge on any atom is 0.573 e. The van der Waals surface area contributed by atoms with E-state index in [1.54, 1.807) is 19.2 Å². The Morgan fingerprint density at radius 1 is 0.909 bits per heavy atom. The lowest BCUT2D eigenvalue weighted by Crippen LogP contribution is -2.16. The number of nitrogens with zero attached hydrogens (tertiary/aromatic N) is 3. The minimum atomic E-state index is -4.72. The molecule has 5 aromatic rings. The number of benzene rings is 2. The SMILES string of the molecule is COc1c(C)c(-c2cn3ccc(-c4ccc(OC(F)(F)F)cc4)cc3n2)nc2ccccc12. The second-order valence-corrected chi connectivity index (χ2v) is 7.52. The second-order valence-electron chi connectivity index (χ2n) is 7.52. The molecule has 0 aliphatic rings. The van der Waals surface area contributed by atoms with Crippen molar-refractivity contribution >= 4 is 16.6 Å². The summed E-state index contributed by atoms with van der Waals surface area (Å²) >= 11 is 0. The van der Waals surface area contributed by atoms with Crippen molar-refractivity contribution in [2.24, 2.45) is 0 Å². The third kappa shape index (κ3) is 3.95. The van der Waals surface area contributed by atoms with E-state index in [-0.39, 0.29) is 5.75 Å². The van der Waals surface area contributed by atoms with E-state index in [1.807, 2.05) is 60.1 Å². The van der Waals surface area contributed by atoms with E-state index in [2.05, 4.69) is 4.74 Å². The van der Waals surface area contributed by atoms with Gasteiger partial charge in [-0.05, 0) is 54.4 Å². The number of methoxy groups -OCH3 is 1. The molecule has 5 rings (SSSR count). The zero-order valence-corrected chi connectivity index (χ0v) is 17.7. The zero-order chi connectivity index (χ0) is 23.2. The molecule has 5 nitrogen and oxygen atoms in total. The van der Waals surface area contributed by atoms with E-state index < -0.39 is 6.36 Å². The van der Waals surface area contributed by atoms with Gasteiger partial charge in [-0.1, -0.05) is 24.3 Å². The van der Waals surface area contributed by atoms with E-state index in [9.17, 15) is 13.2 Å². The predicted molar refractivity (Wildman–Crippen MR) is 119 cm³/mol. The zero-order valence-electron chi connectivity index (χ0n) is 17.7. The van der Waals surface area contributed by atoms with Crippen molar-refractivity contribution in [2.45, 2.75) is 13.3 Å². The van der Waals surface area contributed by atoms with E-state index in [4.69, 9.17) is 14.7 Å². The molecule has 0 aliphatic heterocycles. The van der Waals surface area contributed by atoms with Crippen molar-refractivity contribution in [1.82, 2.24) is 14.4 Å². The summed E-state index contributed by atoms with van der Waals surface area (Å²) in [7, 11) is 1.64. The fraction of sp³-hybridized carbons (Fsp3) is 0.120. The Hall–Kier alpha value is -4.07. The van der Waals surface area contributed by atoms with Crippen LogP contribution in [0.15, 0.2) is 73.1 Å². The fourth-order valence-electron chi connectivity index (χ4n) is 3.91. The average molecular weight is 449 g/mol. The number of ether oxygens (including phenoxy) is 2. The Kier molecular flexibility index (Phi) is 4.92. The molecule has 0 saturated heterocycles. The first kappa shape index (κ1) is 20.8. The van der Waals surface area contributed by atoms with Crippen LogP contribution in [0.2, 0.25) is 0 Å². The van der Waals surface area contributed by atoms with Crippen molar-refractivity contribution in [1.29, 1.82) is 0 Å². The van der Waals surface area contributed by atoms with Gasteiger partial charge in [0.15, 0.2) is 0 Å². The molecule has 0 spiro atoms. The highest BCUT2D eigenvalue weighted by Crippen LogP contribution is 2.35. The minimum Gasteiger partial charge on any atom is -0.496 e. The number of para-hydroxylation sites is 1. The molecular weight excluding hydrogens is 431 g/mol. The highest BCUT2D eigenvalue weighted by molar-refractivity contribution is 5.90. The van der Waals surface area contributed by atoms with Crippen LogP contribution >= 0.6 is 0 Å². The van der Waals surface area contributed by atoms with Gasteiger partial charge in [-0.15, -0.1) is 13.2 Å². The molecule has 0 aliphatic carbocycles. The summed E-state index contributed by atoms with van der Waals surface area (Å²) in [4.78, 5) is 9.56. The number of aromatic nitrogens is 3. The summed E-state index contributed by atoms with van der Waals surface area (Å²) in [6.07, 6.45) is -0.970. The Morgan fingerprint density at radius 2 is 1.67 bits per heavy atom. The van der Waals surface area contributed by atoms with Gasteiger partial charge < -0.3 is 13.9 Å². The number of fused-ring (bicyclic) bond motifs is 2. The summed E-state index contributed by atoms with van der Waals surface area (Å²) in [5, 5.41) is 0.935.